The van der Waals surface area contributed by atoms with E-state index in [0.717, 1.165) is 50.8 Å². The van der Waals surface area contributed by atoms with Crippen molar-refractivity contribution in [2.24, 2.45) is 11.8 Å². The molecule has 5 heteroatoms. The van der Waals surface area contributed by atoms with Gasteiger partial charge in [-0.2, -0.15) is 0 Å². The fourth-order valence-electron chi connectivity index (χ4n) is 5.48. The summed E-state index contributed by atoms with van der Waals surface area (Å²) in [5.41, 5.74) is 1.03. The number of carbonyl (C=O) groups is 2. The molecule has 1 aromatic rings. The largest absolute Gasteiger partial charge is 0.465 e. The summed E-state index contributed by atoms with van der Waals surface area (Å²) in [5.74, 6) is 0.531. The predicted octanol–water partition coefficient (Wildman–Crippen LogP) is 8.49. The molecule has 1 aliphatic heterocycles. The number of unbranched alkanes of at least 4 members (excludes halogenated alkanes) is 11. The van der Waals surface area contributed by atoms with E-state index in [0.29, 0.717) is 25.6 Å². The maximum atomic E-state index is 12.7. The van der Waals surface area contributed by atoms with E-state index in [1.54, 1.807) is 0 Å². The smallest absolute Gasteiger partial charge is 0.309 e. The van der Waals surface area contributed by atoms with Gasteiger partial charge in [0.05, 0.1) is 12.5 Å². The highest BCUT2D eigenvalue weighted by atomic mass is 16.5. The normalized spacial score (nSPS) is 15.2. The van der Waals surface area contributed by atoms with Gasteiger partial charge in [-0.1, -0.05) is 114 Å². The second-order valence-electron chi connectivity index (χ2n) is 11.8. The molecule has 0 bridgehead atoms. The van der Waals surface area contributed by atoms with Crippen LogP contribution in [0.15, 0.2) is 30.3 Å². The minimum atomic E-state index is -0.0955. The molecule has 1 aliphatic rings. The molecule has 0 aromatic heterocycles. The van der Waals surface area contributed by atoms with Crippen LogP contribution in [0.4, 0.5) is 0 Å². The van der Waals surface area contributed by atoms with Gasteiger partial charge in [0.1, 0.15) is 6.61 Å². The molecular weight excluding hydrogens is 486 g/mol. The average molecular weight is 544 g/mol. The summed E-state index contributed by atoms with van der Waals surface area (Å²) < 4.78 is 11.2. The summed E-state index contributed by atoms with van der Waals surface area (Å²) in [6.07, 6.45) is 20.7. The lowest BCUT2D eigenvalue weighted by Crippen LogP contribution is -2.34. The number of carbonyl (C=O) groups excluding carboxylic acids is 2. The van der Waals surface area contributed by atoms with E-state index in [4.69, 9.17) is 9.47 Å². The van der Waals surface area contributed by atoms with Gasteiger partial charge in [-0.15, -0.1) is 0 Å². The number of piperidine rings is 1. The van der Waals surface area contributed by atoms with Crippen LogP contribution < -0.4 is 0 Å². The first kappa shape index (κ1) is 33.3. The molecule has 5 nitrogen and oxygen atoms in total. The quantitative estimate of drug-likeness (QED) is 0.108. The Morgan fingerprint density at radius 3 is 1.97 bits per heavy atom. The third-order valence-corrected chi connectivity index (χ3v) is 8.22. The SMILES string of the molecule is CCCCCCCCCC(CCCCCCCCC(=O)OCc1ccccc1)COC(=O)C1CCN(C)CC1. The zero-order chi connectivity index (χ0) is 28.0. The molecule has 0 amide bonds. The highest BCUT2D eigenvalue weighted by Crippen LogP contribution is 2.22. The Hall–Kier alpha value is -1.88. The summed E-state index contributed by atoms with van der Waals surface area (Å²) in [4.78, 5) is 26.9. The van der Waals surface area contributed by atoms with E-state index in [2.05, 4.69) is 18.9 Å². The summed E-state index contributed by atoms with van der Waals surface area (Å²) in [5, 5.41) is 0. The highest BCUT2D eigenvalue weighted by molar-refractivity contribution is 5.72. The van der Waals surface area contributed by atoms with Gasteiger partial charge in [0.15, 0.2) is 0 Å². The zero-order valence-electron chi connectivity index (χ0n) is 25.2. The highest BCUT2D eigenvalue weighted by Gasteiger charge is 2.25. The number of benzene rings is 1. The molecule has 0 aliphatic carbocycles. The molecule has 39 heavy (non-hydrogen) atoms. The van der Waals surface area contributed by atoms with E-state index in [9.17, 15) is 9.59 Å². The summed E-state index contributed by atoms with van der Waals surface area (Å²) in [6, 6.07) is 9.85. The van der Waals surface area contributed by atoms with Gasteiger partial charge >= 0.3 is 11.9 Å². The Morgan fingerprint density at radius 1 is 0.795 bits per heavy atom. The Balaban J connectivity index is 1.56. The fourth-order valence-corrected chi connectivity index (χ4v) is 5.48. The van der Waals surface area contributed by atoms with Crippen molar-refractivity contribution in [1.82, 2.24) is 4.90 Å². The minimum Gasteiger partial charge on any atom is -0.465 e. The van der Waals surface area contributed by atoms with Crippen LogP contribution >= 0.6 is 0 Å². The maximum absolute atomic E-state index is 12.7. The van der Waals surface area contributed by atoms with E-state index in [-0.39, 0.29) is 17.9 Å². The molecule has 0 spiro atoms. The second-order valence-corrected chi connectivity index (χ2v) is 11.8. The van der Waals surface area contributed by atoms with Crippen molar-refractivity contribution in [1.29, 1.82) is 0 Å². The van der Waals surface area contributed by atoms with Gasteiger partial charge in [-0.25, -0.2) is 0 Å². The number of nitrogens with zero attached hydrogens (tertiary/aromatic N) is 1. The fraction of sp³-hybridized carbons (Fsp3) is 0.765. The first-order valence-corrected chi connectivity index (χ1v) is 16.1. The van der Waals surface area contributed by atoms with Crippen molar-refractivity contribution in [3.8, 4) is 0 Å². The first-order valence-electron chi connectivity index (χ1n) is 16.1. The Bertz CT molecular complexity index is 745. The molecule has 1 fully saturated rings. The van der Waals surface area contributed by atoms with Gasteiger partial charge < -0.3 is 14.4 Å². The first-order chi connectivity index (χ1) is 19.1. The van der Waals surface area contributed by atoms with Crippen LogP contribution in [0.5, 0.6) is 0 Å². The minimum absolute atomic E-state index is 0.0370. The number of likely N-dealkylation sites (tertiary alicyclic amines) is 1. The molecule has 0 N–H and O–H groups in total. The molecule has 2 rings (SSSR count). The third-order valence-electron chi connectivity index (χ3n) is 8.22. The Morgan fingerprint density at radius 2 is 1.36 bits per heavy atom. The van der Waals surface area contributed by atoms with Crippen LogP contribution in [0.1, 0.15) is 128 Å². The van der Waals surface area contributed by atoms with Crippen LogP contribution in [0.2, 0.25) is 0 Å². The van der Waals surface area contributed by atoms with Gasteiger partial charge in [0.25, 0.3) is 0 Å². The van der Waals surface area contributed by atoms with Crippen LogP contribution in [0, 0.1) is 11.8 Å². The van der Waals surface area contributed by atoms with Gasteiger partial charge in [0.2, 0.25) is 0 Å². The molecule has 0 radical (unpaired) electrons. The lowest BCUT2D eigenvalue weighted by molar-refractivity contribution is -0.151. The van der Waals surface area contributed by atoms with E-state index >= 15 is 0 Å². The number of esters is 2. The molecule has 1 heterocycles. The zero-order valence-corrected chi connectivity index (χ0v) is 25.2. The number of hydrogen-bond acceptors (Lipinski definition) is 5. The summed E-state index contributed by atoms with van der Waals surface area (Å²) >= 11 is 0. The van der Waals surface area contributed by atoms with Gasteiger partial charge in [0, 0.05) is 6.42 Å². The molecule has 1 aromatic carbocycles. The number of hydrogen-bond donors (Lipinski definition) is 0. The number of ether oxygens (including phenoxy) is 2. The van der Waals surface area contributed by atoms with Crippen LogP contribution in [0.25, 0.3) is 0 Å². The summed E-state index contributed by atoms with van der Waals surface area (Å²) in [6.45, 7) is 5.23. The lowest BCUT2D eigenvalue weighted by Gasteiger charge is -2.28. The monoisotopic (exact) mass is 543 g/mol. The van der Waals surface area contributed by atoms with E-state index in [1.807, 2.05) is 30.3 Å². The second kappa shape index (κ2) is 21.9. The summed E-state index contributed by atoms with van der Waals surface area (Å²) in [7, 11) is 2.13. The van der Waals surface area contributed by atoms with Crippen LogP contribution in [-0.4, -0.2) is 43.6 Å². The Labute approximate surface area is 239 Å². The molecule has 1 saturated heterocycles. The predicted molar refractivity (Wildman–Crippen MR) is 160 cm³/mol. The third kappa shape index (κ3) is 16.7. The topological polar surface area (TPSA) is 55.8 Å². The van der Waals surface area contributed by atoms with Crippen molar-refractivity contribution < 1.29 is 19.1 Å². The van der Waals surface area contributed by atoms with Crippen molar-refractivity contribution in [3.63, 3.8) is 0 Å². The van der Waals surface area contributed by atoms with E-state index in [1.165, 1.54) is 77.0 Å². The number of rotatable bonds is 22. The van der Waals surface area contributed by atoms with Crippen molar-refractivity contribution in [3.05, 3.63) is 35.9 Å². The molecule has 1 unspecified atom stereocenters. The van der Waals surface area contributed by atoms with Crippen LogP contribution in [-0.2, 0) is 25.7 Å². The van der Waals surface area contributed by atoms with E-state index < -0.39 is 0 Å². The molecular formula is C34H57NO4. The van der Waals surface area contributed by atoms with Gasteiger partial charge in [-0.3, -0.25) is 9.59 Å². The lowest BCUT2D eigenvalue weighted by atomic mass is 9.94. The van der Waals surface area contributed by atoms with Crippen LogP contribution in [0.3, 0.4) is 0 Å². The molecule has 222 valence electrons. The molecule has 1 atom stereocenters. The Kier molecular flexibility index (Phi) is 18.7. The van der Waals surface area contributed by atoms with Gasteiger partial charge in [-0.05, 0) is 63.7 Å². The maximum Gasteiger partial charge on any atom is 0.309 e. The molecule has 0 saturated carbocycles. The van der Waals surface area contributed by atoms with Crippen molar-refractivity contribution >= 4 is 11.9 Å². The van der Waals surface area contributed by atoms with Crippen molar-refractivity contribution in [2.75, 3.05) is 26.7 Å². The average Bonchev–Trinajstić information content (AvgIpc) is 2.96. The van der Waals surface area contributed by atoms with Crippen molar-refractivity contribution in [2.45, 2.75) is 129 Å². The standard InChI is InChI=1S/C34H57NO4/c1-3-4-5-6-7-10-14-19-31(29-39-34(37)32-24-26-35(2)27-25-32)20-15-11-8-9-12-18-23-33(36)38-28-30-21-16-13-17-22-30/h13,16-17,21-22,31-32H,3-12,14-15,18-20,23-29H2,1-2H3.